The van der Waals surface area contributed by atoms with Crippen molar-refractivity contribution in [3.05, 3.63) is 35.4 Å². The Morgan fingerprint density at radius 3 is 2.48 bits per heavy atom. The molecule has 0 aromatic heterocycles. The van der Waals surface area contributed by atoms with Crippen molar-refractivity contribution in [2.24, 2.45) is 5.92 Å². The lowest BCUT2D eigenvalue weighted by atomic mass is 9.82. The van der Waals surface area contributed by atoms with Gasteiger partial charge in [-0.05, 0) is 36.3 Å². The molecule has 5 nitrogen and oxygen atoms in total. The summed E-state index contributed by atoms with van der Waals surface area (Å²) in [5.74, 6) is -0.743. The smallest absolute Gasteiger partial charge is 0.335 e. The van der Waals surface area contributed by atoms with Crippen molar-refractivity contribution in [2.45, 2.75) is 44.1 Å². The number of fused-ring (bicyclic) bond motifs is 1. The molecule has 1 atom stereocenters. The molecule has 1 unspecified atom stereocenters. The highest BCUT2D eigenvalue weighted by molar-refractivity contribution is 5.79. The largest absolute Gasteiger partial charge is 0.479 e. The maximum Gasteiger partial charge on any atom is 0.335 e. The van der Waals surface area contributed by atoms with Crippen LogP contribution >= 0.6 is 0 Å². The lowest BCUT2D eigenvalue weighted by molar-refractivity contribution is -0.165. The Morgan fingerprint density at radius 2 is 1.83 bits per heavy atom. The Balaban J connectivity index is 1.54. The maximum absolute atomic E-state index is 12.5. The minimum atomic E-state index is -1.67. The predicted molar refractivity (Wildman–Crippen MR) is 85.0 cm³/mol. The number of amides is 1. The molecule has 0 spiro atoms. The first-order chi connectivity index (χ1) is 11.0. The van der Waals surface area contributed by atoms with E-state index < -0.39 is 11.6 Å². The van der Waals surface area contributed by atoms with Crippen molar-refractivity contribution < 1.29 is 19.8 Å². The number of benzene rings is 1. The number of carbonyl (C=O) groups excluding carboxylic acids is 1. The van der Waals surface area contributed by atoms with Crippen molar-refractivity contribution in [2.75, 3.05) is 13.1 Å². The molecule has 1 aromatic carbocycles. The van der Waals surface area contributed by atoms with Gasteiger partial charge in [-0.2, -0.15) is 0 Å². The monoisotopic (exact) mass is 317 g/mol. The van der Waals surface area contributed by atoms with E-state index in [0.717, 1.165) is 19.3 Å². The van der Waals surface area contributed by atoms with E-state index >= 15 is 0 Å². The number of carbonyl (C=O) groups is 2. The molecule has 5 heteroatoms. The van der Waals surface area contributed by atoms with Gasteiger partial charge in [0.1, 0.15) is 0 Å². The van der Waals surface area contributed by atoms with Crippen LogP contribution in [0.5, 0.6) is 0 Å². The average molecular weight is 317 g/mol. The van der Waals surface area contributed by atoms with Crippen LogP contribution in [0.3, 0.4) is 0 Å². The van der Waals surface area contributed by atoms with Crippen LogP contribution < -0.4 is 0 Å². The van der Waals surface area contributed by atoms with Crippen LogP contribution in [0.2, 0.25) is 0 Å². The first-order valence-corrected chi connectivity index (χ1v) is 8.28. The van der Waals surface area contributed by atoms with Crippen molar-refractivity contribution in [1.82, 2.24) is 4.90 Å². The molecule has 1 saturated heterocycles. The third-order valence-electron chi connectivity index (χ3n) is 5.25. The number of aliphatic hydroxyl groups is 1. The molecule has 1 aliphatic carbocycles. The normalized spacial score (nSPS) is 23.2. The van der Waals surface area contributed by atoms with Crippen LogP contribution in [0.25, 0.3) is 0 Å². The summed E-state index contributed by atoms with van der Waals surface area (Å²) in [5, 5.41) is 19.0. The van der Waals surface area contributed by atoms with E-state index in [1.54, 1.807) is 4.90 Å². The molecule has 1 amide bonds. The number of carboxylic acid groups (broad SMARTS) is 1. The van der Waals surface area contributed by atoms with E-state index in [9.17, 15) is 14.7 Å². The molecule has 3 rings (SSSR count). The number of likely N-dealkylation sites (tertiary alicyclic amines) is 1. The van der Waals surface area contributed by atoms with Crippen LogP contribution in [0, 0.1) is 5.92 Å². The molecule has 1 aromatic rings. The molecular formula is C18H23NO4. The SMILES string of the molecule is O=C(CC1CCc2ccccc2C1)N1CCC(O)(C(=O)O)CC1. The van der Waals surface area contributed by atoms with Crippen molar-refractivity contribution in [3.8, 4) is 0 Å². The molecular weight excluding hydrogens is 294 g/mol. The van der Waals surface area contributed by atoms with Crippen molar-refractivity contribution in [3.63, 3.8) is 0 Å². The number of carboxylic acids is 1. The summed E-state index contributed by atoms with van der Waals surface area (Å²) < 4.78 is 0. The summed E-state index contributed by atoms with van der Waals surface area (Å²) in [7, 11) is 0. The number of piperidine rings is 1. The minimum absolute atomic E-state index is 0.0850. The van der Waals surface area contributed by atoms with Gasteiger partial charge in [0.05, 0.1) is 0 Å². The van der Waals surface area contributed by atoms with Gasteiger partial charge in [-0.1, -0.05) is 24.3 Å². The standard InChI is InChI=1S/C18H23NO4/c20-16(19-9-7-18(23,8-10-19)17(21)22)12-13-5-6-14-3-1-2-4-15(14)11-13/h1-4,13,23H,5-12H2,(H,21,22). The van der Waals surface area contributed by atoms with Crippen LogP contribution in [0.15, 0.2) is 24.3 Å². The lowest BCUT2D eigenvalue weighted by Gasteiger charge is -2.36. The van der Waals surface area contributed by atoms with Crippen molar-refractivity contribution >= 4 is 11.9 Å². The molecule has 0 radical (unpaired) electrons. The Labute approximate surface area is 135 Å². The zero-order valence-electron chi connectivity index (χ0n) is 13.2. The fourth-order valence-electron chi connectivity index (χ4n) is 3.66. The zero-order chi connectivity index (χ0) is 16.4. The number of hydrogen-bond donors (Lipinski definition) is 2. The van der Waals surface area contributed by atoms with Gasteiger partial charge in [0.15, 0.2) is 5.60 Å². The second-order valence-electron chi connectivity index (χ2n) is 6.80. The maximum atomic E-state index is 12.5. The summed E-state index contributed by atoms with van der Waals surface area (Å²) in [6.45, 7) is 0.649. The third-order valence-corrected chi connectivity index (χ3v) is 5.25. The average Bonchev–Trinajstić information content (AvgIpc) is 2.55. The van der Waals surface area contributed by atoms with Gasteiger partial charge in [-0.25, -0.2) is 4.79 Å². The topological polar surface area (TPSA) is 77.8 Å². The summed E-state index contributed by atoms with van der Waals surface area (Å²) in [5.41, 5.74) is 1.07. The highest BCUT2D eigenvalue weighted by Crippen LogP contribution is 2.29. The van der Waals surface area contributed by atoms with E-state index in [2.05, 4.69) is 18.2 Å². The summed E-state index contributed by atoms with van der Waals surface area (Å²) in [6, 6.07) is 8.40. The molecule has 2 aliphatic rings. The van der Waals surface area contributed by atoms with Crippen LogP contribution in [-0.4, -0.2) is 45.7 Å². The Hall–Kier alpha value is -1.88. The van der Waals surface area contributed by atoms with Gasteiger partial charge in [0.2, 0.25) is 5.91 Å². The van der Waals surface area contributed by atoms with Gasteiger partial charge >= 0.3 is 5.97 Å². The highest BCUT2D eigenvalue weighted by Gasteiger charge is 2.40. The zero-order valence-corrected chi connectivity index (χ0v) is 13.2. The number of nitrogens with zero attached hydrogens (tertiary/aromatic N) is 1. The first kappa shape index (κ1) is 16.0. The summed E-state index contributed by atoms with van der Waals surface area (Å²) >= 11 is 0. The van der Waals surface area contributed by atoms with E-state index in [1.165, 1.54) is 11.1 Å². The van der Waals surface area contributed by atoms with E-state index in [0.29, 0.717) is 25.4 Å². The fourth-order valence-corrected chi connectivity index (χ4v) is 3.66. The predicted octanol–water partition coefficient (Wildman–Crippen LogP) is 1.62. The Morgan fingerprint density at radius 1 is 1.17 bits per heavy atom. The highest BCUT2D eigenvalue weighted by atomic mass is 16.4. The van der Waals surface area contributed by atoms with E-state index in [4.69, 9.17) is 5.11 Å². The van der Waals surface area contributed by atoms with Gasteiger partial charge in [0.25, 0.3) is 0 Å². The molecule has 1 fully saturated rings. The number of aliphatic carboxylic acids is 1. The third kappa shape index (κ3) is 3.39. The first-order valence-electron chi connectivity index (χ1n) is 8.28. The molecule has 1 aliphatic heterocycles. The molecule has 0 bridgehead atoms. The Kier molecular flexibility index (Phi) is 4.39. The molecule has 124 valence electrons. The van der Waals surface area contributed by atoms with Gasteiger partial charge in [-0.3, -0.25) is 4.79 Å². The van der Waals surface area contributed by atoms with Gasteiger partial charge in [0, 0.05) is 32.4 Å². The van der Waals surface area contributed by atoms with Crippen molar-refractivity contribution in [1.29, 1.82) is 0 Å². The molecule has 0 saturated carbocycles. The van der Waals surface area contributed by atoms with Gasteiger partial charge in [-0.15, -0.1) is 0 Å². The second-order valence-corrected chi connectivity index (χ2v) is 6.80. The fraction of sp³-hybridized carbons (Fsp3) is 0.556. The number of hydrogen-bond acceptors (Lipinski definition) is 3. The number of rotatable bonds is 3. The van der Waals surface area contributed by atoms with E-state index in [-0.39, 0.29) is 18.7 Å². The number of aryl methyl sites for hydroxylation is 1. The molecule has 1 heterocycles. The minimum Gasteiger partial charge on any atom is -0.479 e. The van der Waals surface area contributed by atoms with Crippen LogP contribution in [0.1, 0.15) is 36.8 Å². The summed E-state index contributed by atoms with van der Waals surface area (Å²) in [6.07, 6.45) is 3.72. The summed E-state index contributed by atoms with van der Waals surface area (Å²) in [4.78, 5) is 25.2. The molecule has 23 heavy (non-hydrogen) atoms. The Bertz CT molecular complexity index is 605. The van der Waals surface area contributed by atoms with Gasteiger partial charge < -0.3 is 15.1 Å². The molecule has 2 N–H and O–H groups in total. The van der Waals surface area contributed by atoms with Crippen LogP contribution in [-0.2, 0) is 22.4 Å². The van der Waals surface area contributed by atoms with Crippen LogP contribution in [0.4, 0.5) is 0 Å². The lowest BCUT2D eigenvalue weighted by Crippen LogP contribution is -2.51. The van der Waals surface area contributed by atoms with E-state index in [1.807, 2.05) is 6.07 Å². The second kappa shape index (κ2) is 6.32. The quantitative estimate of drug-likeness (QED) is 0.888.